The molecular formula is C14H26N2O2. The van der Waals surface area contributed by atoms with Crippen molar-refractivity contribution in [3.05, 3.63) is 0 Å². The molecule has 2 unspecified atom stereocenters. The van der Waals surface area contributed by atoms with Crippen LogP contribution < -0.4 is 0 Å². The second kappa shape index (κ2) is 6.02. The lowest BCUT2D eigenvalue weighted by atomic mass is 9.90. The average Bonchev–Trinajstić information content (AvgIpc) is 2.37. The summed E-state index contributed by atoms with van der Waals surface area (Å²) in [5.41, 5.74) is 0. The molecule has 1 aliphatic heterocycles. The number of aliphatic hydroxyl groups excluding tert-OH is 1. The normalized spacial score (nSPS) is 31.9. The lowest BCUT2D eigenvalue weighted by Gasteiger charge is -2.48. The molecule has 2 rings (SSSR count). The molecule has 0 aromatic carbocycles. The highest BCUT2D eigenvalue weighted by Crippen LogP contribution is 2.29. The third-order valence-corrected chi connectivity index (χ3v) is 4.47. The van der Waals surface area contributed by atoms with Crippen molar-refractivity contribution in [2.75, 3.05) is 20.2 Å². The number of carbonyl (C=O) groups is 1. The number of amides is 1. The van der Waals surface area contributed by atoms with Gasteiger partial charge in [0.1, 0.15) is 0 Å². The van der Waals surface area contributed by atoms with Crippen LogP contribution in [0.3, 0.4) is 0 Å². The third-order valence-electron chi connectivity index (χ3n) is 4.47. The van der Waals surface area contributed by atoms with Crippen molar-refractivity contribution in [3.63, 3.8) is 0 Å². The molecule has 0 aromatic rings. The summed E-state index contributed by atoms with van der Waals surface area (Å²) in [6.07, 6.45) is 6.89. The summed E-state index contributed by atoms with van der Waals surface area (Å²) in [6, 6.07) is 0.849. The first-order chi connectivity index (χ1) is 8.65. The molecule has 18 heavy (non-hydrogen) atoms. The zero-order valence-electron chi connectivity index (χ0n) is 11.6. The molecule has 0 radical (unpaired) electrons. The lowest BCUT2D eigenvalue weighted by Crippen LogP contribution is -2.63. The van der Waals surface area contributed by atoms with Crippen LogP contribution in [0.5, 0.6) is 0 Å². The quantitative estimate of drug-likeness (QED) is 0.824. The first kappa shape index (κ1) is 13.8. The van der Waals surface area contributed by atoms with Crippen molar-refractivity contribution in [1.82, 2.24) is 9.80 Å². The van der Waals surface area contributed by atoms with E-state index in [9.17, 15) is 9.90 Å². The minimum Gasteiger partial charge on any atom is -0.396 e. The van der Waals surface area contributed by atoms with E-state index in [-0.39, 0.29) is 18.6 Å². The highest BCUT2D eigenvalue weighted by Gasteiger charge is 2.40. The average molecular weight is 254 g/mol. The maximum atomic E-state index is 12.3. The minimum atomic E-state index is -0.105. The number of rotatable bonds is 3. The molecular weight excluding hydrogens is 228 g/mol. The van der Waals surface area contributed by atoms with E-state index in [0.29, 0.717) is 18.5 Å². The van der Waals surface area contributed by atoms with E-state index in [1.807, 2.05) is 11.9 Å². The fourth-order valence-electron chi connectivity index (χ4n) is 3.66. The highest BCUT2D eigenvalue weighted by atomic mass is 16.3. The molecule has 1 amide bonds. The molecule has 2 fully saturated rings. The predicted molar refractivity (Wildman–Crippen MR) is 71.3 cm³/mol. The molecule has 1 saturated carbocycles. The standard InChI is InChI=1S/C14H26N2O2/c1-11-10-15(2)14(18)13(8-9-17)16(11)12-6-4-3-5-7-12/h11-13,17H,3-10H2,1-2H3. The Labute approximate surface area is 110 Å². The Balaban J connectivity index is 2.14. The fourth-order valence-corrected chi connectivity index (χ4v) is 3.66. The number of carbonyl (C=O) groups excluding carboxylic acids is 1. The van der Waals surface area contributed by atoms with Gasteiger partial charge in [-0.15, -0.1) is 0 Å². The van der Waals surface area contributed by atoms with E-state index >= 15 is 0 Å². The van der Waals surface area contributed by atoms with Gasteiger partial charge in [-0.3, -0.25) is 9.69 Å². The van der Waals surface area contributed by atoms with E-state index < -0.39 is 0 Å². The van der Waals surface area contributed by atoms with Crippen molar-refractivity contribution >= 4 is 5.91 Å². The summed E-state index contributed by atoms with van der Waals surface area (Å²) in [7, 11) is 1.88. The van der Waals surface area contributed by atoms with Crippen LogP contribution in [0.2, 0.25) is 0 Å². The van der Waals surface area contributed by atoms with Gasteiger partial charge in [0.05, 0.1) is 6.04 Å². The van der Waals surface area contributed by atoms with Crippen molar-refractivity contribution < 1.29 is 9.90 Å². The molecule has 4 nitrogen and oxygen atoms in total. The monoisotopic (exact) mass is 254 g/mol. The minimum absolute atomic E-state index is 0.0974. The van der Waals surface area contributed by atoms with Gasteiger partial charge in [0, 0.05) is 32.3 Å². The number of hydrogen-bond acceptors (Lipinski definition) is 3. The summed E-state index contributed by atoms with van der Waals surface area (Å²) in [5.74, 6) is 0.188. The van der Waals surface area contributed by atoms with Gasteiger partial charge in [-0.1, -0.05) is 19.3 Å². The van der Waals surface area contributed by atoms with Crippen molar-refractivity contribution in [3.8, 4) is 0 Å². The third kappa shape index (κ3) is 2.69. The van der Waals surface area contributed by atoms with Gasteiger partial charge < -0.3 is 10.0 Å². The first-order valence-electron chi connectivity index (χ1n) is 7.28. The van der Waals surface area contributed by atoms with Gasteiger partial charge in [0.15, 0.2) is 0 Å². The molecule has 1 N–H and O–H groups in total. The summed E-state index contributed by atoms with van der Waals surface area (Å²) in [4.78, 5) is 16.5. The smallest absolute Gasteiger partial charge is 0.239 e. The van der Waals surface area contributed by atoms with Crippen LogP contribution in [0.25, 0.3) is 0 Å². The number of hydrogen-bond donors (Lipinski definition) is 1. The SMILES string of the molecule is CC1CN(C)C(=O)C(CCO)N1C1CCCCC1. The van der Waals surface area contributed by atoms with Crippen LogP contribution in [-0.4, -0.2) is 59.1 Å². The van der Waals surface area contributed by atoms with E-state index in [2.05, 4.69) is 11.8 Å². The zero-order valence-corrected chi connectivity index (χ0v) is 11.6. The molecule has 2 aliphatic rings. The number of nitrogens with zero attached hydrogens (tertiary/aromatic N) is 2. The predicted octanol–water partition coefficient (Wildman–Crippen LogP) is 1.23. The van der Waals surface area contributed by atoms with Crippen LogP contribution in [0.15, 0.2) is 0 Å². The molecule has 104 valence electrons. The van der Waals surface area contributed by atoms with Gasteiger partial charge in [0.25, 0.3) is 0 Å². The van der Waals surface area contributed by atoms with Crippen LogP contribution in [-0.2, 0) is 4.79 Å². The number of piperazine rings is 1. The Morgan fingerprint density at radius 2 is 1.94 bits per heavy atom. The molecule has 1 heterocycles. The number of likely N-dealkylation sites (N-methyl/N-ethyl adjacent to an activating group) is 1. The van der Waals surface area contributed by atoms with Gasteiger partial charge >= 0.3 is 0 Å². The first-order valence-corrected chi connectivity index (χ1v) is 7.28. The van der Waals surface area contributed by atoms with E-state index in [0.717, 1.165) is 6.54 Å². The topological polar surface area (TPSA) is 43.8 Å². The summed E-state index contributed by atoms with van der Waals surface area (Å²) < 4.78 is 0. The summed E-state index contributed by atoms with van der Waals surface area (Å²) in [5, 5.41) is 9.23. The van der Waals surface area contributed by atoms with Crippen LogP contribution >= 0.6 is 0 Å². The van der Waals surface area contributed by atoms with E-state index in [1.165, 1.54) is 32.1 Å². The Kier molecular flexibility index (Phi) is 4.62. The molecule has 1 aliphatic carbocycles. The zero-order chi connectivity index (χ0) is 13.1. The summed E-state index contributed by atoms with van der Waals surface area (Å²) in [6.45, 7) is 3.12. The lowest BCUT2D eigenvalue weighted by molar-refractivity contribution is -0.146. The molecule has 0 bridgehead atoms. The van der Waals surface area contributed by atoms with Gasteiger partial charge in [-0.25, -0.2) is 0 Å². The maximum Gasteiger partial charge on any atom is 0.239 e. The largest absolute Gasteiger partial charge is 0.396 e. The fraction of sp³-hybridized carbons (Fsp3) is 0.929. The van der Waals surface area contributed by atoms with Crippen LogP contribution in [0, 0.1) is 0 Å². The maximum absolute atomic E-state index is 12.3. The van der Waals surface area contributed by atoms with Crippen LogP contribution in [0.1, 0.15) is 45.4 Å². The van der Waals surface area contributed by atoms with Crippen molar-refractivity contribution in [1.29, 1.82) is 0 Å². The van der Waals surface area contributed by atoms with E-state index in [1.54, 1.807) is 0 Å². The Bertz CT molecular complexity index is 290. The Morgan fingerprint density at radius 1 is 1.28 bits per heavy atom. The van der Waals surface area contributed by atoms with Gasteiger partial charge in [0.2, 0.25) is 5.91 Å². The Hall–Kier alpha value is -0.610. The summed E-state index contributed by atoms with van der Waals surface area (Å²) >= 11 is 0. The highest BCUT2D eigenvalue weighted by molar-refractivity contribution is 5.82. The molecule has 2 atom stereocenters. The molecule has 1 saturated heterocycles. The van der Waals surface area contributed by atoms with Crippen molar-refractivity contribution in [2.45, 2.75) is 63.6 Å². The second-order valence-electron chi connectivity index (χ2n) is 5.83. The molecule has 0 aromatic heterocycles. The Morgan fingerprint density at radius 3 is 2.56 bits per heavy atom. The molecule has 0 spiro atoms. The van der Waals surface area contributed by atoms with Gasteiger partial charge in [-0.05, 0) is 26.2 Å². The van der Waals surface area contributed by atoms with Crippen molar-refractivity contribution in [2.24, 2.45) is 0 Å². The van der Waals surface area contributed by atoms with Gasteiger partial charge in [-0.2, -0.15) is 0 Å². The van der Waals surface area contributed by atoms with E-state index in [4.69, 9.17) is 0 Å². The number of aliphatic hydroxyl groups is 1. The second-order valence-corrected chi connectivity index (χ2v) is 5.83. The van der Waals surface area contributed by atoms with Crippen LogP contribution in [0.4, 0.5) is 0 Å². The molecule has 4 heteroatoms.